The van der Waals surface area contributed by atoms with Gasteiger partial charge in [0, 0.05) is 18.3 Å². The predicted octanol–water partition coefficient (Wildman–Crippen LogP) is 2.77. The number of aromatic nitrogens is 2. The van der Waals surface area contributed by atoms with Crippen LogP contribution in [0.1, 0.15) is 30.6 Å². The molecule has 0 radical (unpaired) electrons. The minimum absolute atomic E-state index is 0.170. The van der Waals surface area contributed by atoms with Crippen molar-refractivity contribution in [2.24, 2.45) is 0 Å². The molecule has 0 aliphatic heterocycles. The number of rotatable bonds is 4. The van der Waals surface area contributed by atoms with E-state index in [0.29, 0.717) is 22.5 Å². The Balaban J connectivity index is 2.37. The summed E-state index contributed by atoms with van der Waals surface area (Å²) in [5.41, 5.74) is 1.42. The molecule has 1 atom stereocenters. The molecule has 5 heteroatoms. The van der Waals surface area contributed by atoms with Crippen LogP contribution in [0, 0.1) is 0 Å². The summed E-state index contributed by atoms with van der Waals surface area (Å²) in [6.45, 7) is 3.92. The normalized spacial score (nSPS) is 14.1. The van der Waals surface area contributed by atoms with Gasteiger partial charge in [-0.05, 0) is 25.5 Å². The quantitative estimate of drug-likeness (QED) is 0.875. The molecule has 19 heavy (non-hydrogen) atoms. The average molecular weight is 278 g/mol. The number of nitrogens with one attached hydrogen (secondary N) is 1. The number of benzene rings is 1. The van der Waals surface area contributed by atoms with Crippen LogP contribution >= 0.6 is 11.6 Å². The van der Waals surface area contributed by atoms with Gasteiger partial charge in [0.05, 0.1) is 16.6 Å². The minimum atomic E-state index is -0.414. The van der Waals surface area contributed by atoms with Crippen molar-refractivity contribution in [2.75, 3.05) is 5.88 Å². The van der Waals surface area contributed by atoms with Crippen LogP contribution < -0.4 is 5.32 Å². The van der Waals surface area contributed by atoms with Gasteiger partial charge in [-0.1, -0.05) is 13.0 Å². The highest BCUT2D eigenvalue weighted by molar-refractivity contribution is 6.19. The van der Waals surface area contributed by atoms with Crippen molar-refractivity contribution in [3.8, 4) is 0 Å². The molecule has 2 rings (SSSR count). The topological polar surface area (TPSA) is 54.9 Å². The lowest BCUT2D eigenvalue weighted by molar-refractivity contribution is 0.0914. The van der Waals surface area contributed by atoms with Crippen molar-refractivity contribution in [2.45, 2.75) is 25.8 Å². The molecule has 4 nitrogen and oxygen atoms in total. The summed E-state index contributed by atoms with van der Waals surface area (Å²) in [6, 6.07) is 5.38. The van der Waals surface area contributed by atoms with E-state index in [-0.39, 0.29) is 5.91 Å². The monoisotopic (exact) mass is 277 g/mol. The maximum atomic E-state index is 12.4. The van der Waals surface area contributed by atoms with E-state index in [1.807, 2.05) is 19.9 Å². The molecule has 0 fully saturated rings. The minimum Gasteiger partial charge on any atom is -0.346 e. The predicted molar refractivity (Wildman–Crippen MR) is 76.4 cm³/mol. The van der Waals surface area contributed by atoms with Gasteiger partial charge in [0.2, 0.25) is 0 Å². The zero-order valence-corrected chi connectivity index (χ0v) is 11.7. The lowest BCUT2D eigenvalue weighted by Crippen LogP contribution is -2.47. The Labute approximate surface area is 117 Å². The zero-order valence-electron chi connectivity index (χ0n) is 11.0. The SMILES string of the molecule is CCC(C)(CCl)NC(=O)c1cccc2nccnc12. The molecule has 0 bridgehead atoms. The third-order valence-corrected chi connectivity index (χ3v) is 3.82. The third kappa shape index (κ3) is 2.84. The summed E-state index contributed by atoms with van der Waals surface area (Å²) in [5.74, 6) is 0.196. The molecular formula is C14H16ClN3O. The van der Waals surface area contributed by atoms with Crippen molar-refractivity contribution in [1.82, 2.24) is 15.3 Å². The molecular weight excluding hydrogens is 262 g/mol. The molecule has 1 heterocycles. The van der Waals surface area contributed by atoms with Crippen LogP contribution in [0.15, 0.2) is 30.6 Å². The van der Waals surface area contributed by atoms with E-state index < -0.39 is 5.54 Å². The second kappa shape index (κ2) is 5.53. The van der Waals surface area contributed by atoms with E-state index in [9.17, 15) is 4.79 Å². The van der Waals surface area contributed by atoms with Gasteiger partial charge in [-0.15, -0.1) is 11.6 Å². The van der Waals surface area contributed by atoms with E-state index in [1.54, 1.807) is 24.5 Å². The lowest BCUT2D eigenvalue weighted by atomic mass is 10.0. The van der Waals surface area contributed by atoms with Crippen LogP contribution in [-0.4, -0.2) is 27.3 Å². The maximum Gasteiger partial charge on any atom is 0.254 e. The van der Waals surface area contributed by atoms with Crippen LogP contribution in [0.4, 0.5) is 0 Å². The molecule has 0 aliphatic carbocycles. The Hall–Kier alpha value is -1.68. The molecule has 0 spiro atoms. The Morgan fingerprint density at radius 2 is 2.11 bits per heavy atom. The summed E-state index contributed by atoms with van der Waals surface area (Å²) in [6.07, 6.45) is 3.96. The van der Waals surface area contributed by atoms with Crippen LogP contribution in [0.3, 0.4) is 0 Å². The van der Waals surface area contributed by atoms with Crippen molar-refractivity contribution in [3.63, 3.8) is 0 Å². The number of hydrogen-bond donors (Lipinski definition) is 1. The van der Waals surface area contributed by atoms with Gasteiger partial charge in [0.1, 0.15) is 5.52 Å². The molecule has 100 valence electrons. The van der Waals surface area contributed by atoms with Gasteiger partial charge in [-0.3, -0.25) is 14.8 Å². The Bertz CT molecular complexity index is 591. The van der Waals surface area contributed by atoms with Crippen molar-refractivity contribution in [1.29, 1.82) is 0 Å². The Morgan fingerprint density at radius 3 is 2.79 bits per heavy atom. The molecule has 0 saturated carbocycles. The number of carbonyl (C=O) groups excluding carboxylic acids is 1. The van der Waals surface area contributed by atoms with E-state index in [0.717, 1.165) is 6.42 Å². The van der Waals surface area contributed by atoms with Crippen LogP contribution in [0.25, 0.3) is 11.0 Å². The summed E-state index contributed by atoms with van der Waals surface area (Å²) < 4.78 is 0. The fourth-order valence-electron chi connectivity index (χ4n) is 1.73. The first-order valence-electron chi connectivity index (χ1n) is 6.18. The Morgan fingerprint density at radius 1 is 1.37 bits per heavy atom. The van der Waals surface area contributed by atoms with Crippen LogP contribution in [0.2, 0.25) is 0 Å². The summed E-state index contributed by atoms with van der Waals surface area (Å²) in [7, 11) is 0. The maximum absolute atomic E-state index is 12.4. The highest BCUT2D eigenvalue weighted by Crippen LogP contribution is 2.17. The van der Waals surface area contributed by atoms with E-state index in [2.05, 4.69) is 15.3 Å². The highest BCUT2D eigenvalue weighted by atomic mass is 35.5. The second-order valence-electron chi connectivity index (χ2n) is 4.73. The van der Waals surface area contributed by atoms with Crippen LogP contribution in [0.5, 0.6) is 0 Å². The molecule has 0 saturated heterocycles. The number of carbonyl (C=O) groups is 1. The first-order chi connectivity index (χ1) is 9.09. The lowest BCUT2D eigenvalue weighted by Gasteiger charge is -2.27. The third-order valence-electron chi connectivity index (χ3n) is 3.23. The van der Waals surface area contributed by atoms with E-state index >= 15 is 0 Å². The van der Waals surface area contributed by atoms with E-state index in [4.69, 9.17) is 11.6 Å². The number of alkyl halides is 1. The number of hydrogen-bond acceptors (Lipinski definition) is 3. The van der Waals surface area contributed by atoms with Gasteiger partial charge in [0.25, 0.3) is 5.91 Å². The molecule has 2 aromatic rings. The summed E-state index contributed by atoms with van der Waals surface area (Å²) in [5, 5.41) is 2.96. The standard InChI is InChI=1S/C14H16ClN3O/c1-3-14(2,9-15)18-13(19)10-5-4-6-11-12(10)17-8-7-16-11/h4-8H,3,9H2,1-2H3,(H,18,19). The summed E-state index contributed by atoms with van der Waals surface area (Å²) in [4.78, 5) is 20.8. The molecule has 1 aromatic carbocycles. The largest absolute Gasteiger partial charge is 0.346 e. The number of para-hydroxylation sites is 1. The smallest absolute Gasteiger partial charge is 0.254 e. The fraction of sp³-hybridized carbons (Fsp3) is 0.357. The van der Waals surface area contributed by atoms with Crippen molar-refractivity contribution in [3.05, 3.63) is 36.2 Å². The number of halogens is 1. The average Bonchev–Trinajstić information content (AvgIpc) is 2.46. The molecule has 1 unspecified atom stereocenters. The molecule has 1 aromatic heterocycles. The van der Waals surface area contributed by atoms with Crippen molar-refractivity contribution >= 4 is 28.5 Å². The summed E-state index contributed by atoms with van der Waals surface area (Å²) >= 11 is 5.92. The number of fused-ring (bicyclic) bond motifs is 1. The first-order valence-corrected chi connectivity index (χ1v) is 6.71. The van der Waals surface area contributed by atoms with Crippen LogP contribution in [-0.2, 0) is 0 Å². The highest BCUT2D eigenvalue weighted by Gasteiger charge is 2.24. The van der Waals surface area contributed by atoms with Gasteiger partial charge < -0.3 is 5.32 Å². The molecule has 0 aliphatic rings. The number of amides is 1. The Kier molecular flexibility index (Phi) is 4.00. The second-order valence-corrected chi connectivity index (χ2v) is 5.00. The fourth-order valence-corrected chi connectivity index (χ4v) is 1.99. The van der Waals surface area contributed by atoms with E-state index in [1.165, 1.54) is 0 Å². The zero-order chi connectivity index (χ0) is 13.9. The number of nitrogens with zero attached hydrogens (tertiary/aromatic N) is 2. The molecule has 1 N–H and O–H groups in total. The van der Waals surface area contributed by atoms with Gasteiger partial charge in [-0.2, -0.15) is 0 Å². The molecule has 1 amide bonds. The van der Waals surface area contributed by atoms with Gasteiger partial charge in [-0.25, -0.2) is 0 Å². The first kappa shape index (κ1) is 13.7. The van der Waals surface area contributed by atoms with Gasteiger partial charge >= 0.3 is 0 Å². The van der Waals surface area contributed by atoms with Gasteiger partial charge in [0.15, 0.2) is 0 Å². The van der Waals surface area contributed by atoms with Crippen molar-refractivity contribution < 1.29 is 4.79 Å².